The Bertz CT molecular complexity index is 410. The van der Waals surface area contributed by atoms with Crippen LogP contribution in [-0.2, 0) is 11.3 Å². The molecule has 0 saturated carbocycles. The fourth-order valence-corrected chi connectivity index (χ4v) is 2.54. The van der Waals surface area contributed by atoms with Gasteiger partial charge in [0.1, 0.15) is 0 Å². The highest BCUT2D eigenvalue weighted by atomic mass is 32.1. The van der Waals surface area contributed by atoms with E-state index in [4.69, 9.17) is 5.11 Å². The summed E-state index contributed by atoms with van der Waals surface area (Å²) >= 11 is 1.65. The molecule has 0 spiro atoms. The summed E-state index contributed by atoms with van der Waals surface area (Å²) in [5.41, 5.74) is 0. The lowest BCUT2D eigenvalue weighted by Gasteiger charge is -2.16. The fraction of sp³-hybridized carbons (Fsp3) is 0.500. The lowest BCUT2D eigenvalue weighted by Crippen LogP contribution is -2.19. The number of aliphatic carboxylic acids is 1. The highest BCUT2D eigenvalue weighted by Gasteiger charge is 2.04. The van der Waals surface area contributed by atoms with Crippen LogP contribution in [0.15, 0.2) is 18.2 Å². The van der Waals surface area contributed by atoms with Gasteiger partial charge in [0, 0.05) is 22.4 Å². The van der Waals surface area contributed by atoms with Crippen LogP contribution in [0.1, 0.15) is 30.0 Å². The summed E-state index contributed by atoms with van der Waals surface area (Å²) in [7, 11) is 2.12. The molecule has 0 fully saturated rings. The molecule has 3 nitrogen and oxygen atoms in total. The van der Waals surface area contributed by atoms with Gasteiger partial charge >= 0.3 is 5.97 Å². The second-order valence-corrected chi connectivity index (χ2v) is 6.10. The molecule has 18 heavy (non-hydrogen) atoms. The normalized spacial score (nSPS) is 11.8. The zero-order valence-electron chi connectivity index (χ0n) is 11.2. The lowest BCUT2D eigenvalue weighted by atomic mass is 10.1. The molecule has 0 aliphatic heterocycles. The SMILES string of the molecule is CC(C)CCN(C)Cc1ccc(/C=C/C(=O)O)s1. The van der Waals surface area contributed by atoms with E-state index in [2.05, 4.69) is 31.9 Å². The molecule has 0 saturated heterocycles. The quantitative estimate of drug-likeness (QED) is 0.770. The Labute approximate surface area is 113 Å². The third kappa shape index (κ3) is 5.98. The number of carboxylic acids is 1. The molecular formula is C14H21NO2S. The molecule has 0 amide bonds. The predicted octanol–water partition coefficient (Wildman–Crippen LogP) is 3.32. The van der Waals surface area contributed by atoms with E-state index in [1.54, 1.807) is 17.4 Å². The highest BCUT2D eigenvalue weighted by molar-refractivity contribution is 7.12. The van der Waals surface area contributed by atoms with Crippen molar-refractivity contribution in [2.24, 2.45) is 5.92 Å². The zero-order valence-corrected chi connectivity index (χ0v) is 12.0. The van der Waals surface area contributed by atoms with E-state index in [1.165, 1.54) is 17.4 Å². The smallest absolute Gasteiger partial charge is 0.328 e. The number of thiophene rings is 1. The Morgan fingerprint density at radius 1 is 1.50 bits per heavy atom. The van der Waals surface area contributed by atoms with Gasteiger partial charge in [-0.2, -0.15) is 0 Å². The second-order valence-electron chi connectivity index (χ2n) is 4.90. The van der Waals surface area contributed by atoms with Crippen LogP contribution < -0.4 is 0 Å². The van der Waals surface area contributed by atoms with Crippen molar-refractivity contribution in [3.8, 4) is 0 Å². The van der Waals surface area contributed by atoms with Gasteiger partial charge in [-0.05, 0) is 44.1 Å². The zero-order chi connectivity index (χ0) is 13.5. The number of hydrogen-bond donors (Lipinski definition) is 1. The number of hydrogen-bond acceptors (Lipinski definition) is 3. The Kier molecular flexibility index (Phi) is 6.09. The van der Waals surface area contributed by atoms with E-state index < -0.39 is 5.97 Å². The van der Waals surface area contributed by atoms with E-state index in [0.717, 1.165) is 23.9 Å². The number of carbonyl (C=O) groups is 1. The maximum absolute atomic E-state index is 10.4. The molecule has 4 heteroatoms. The molecule has 0 atom stereocenters. The molecular weight excluding hydrogens is 246 g/mol. The van der Waals surface area contributed by atoms with Crippen molar-refractivity contribution in [2.75, 3.05) is 13.6 Å². The van der Waals surface area contributed by atoms with E-state index in [1.807, 2.05) is 6.07 Å². The molecule has 0 aromatic carbocycles. The average molecular weight is 267 g/mol. The van der Waals surface area contributed by atoms with Gasteiger partial charge in [-0.15, -0.1) is 11.3 Å². The minimum absolute atomic E-state index is 0.727. The number of nitrogens with zero attached hydrogens (tertiary/aromatic N) is 1. The molecule has 0 radical (unpaired) electrons. The average Bonchev–Trinajstić information content (AvgIpc) is 2.71. The molecule has 1 aromatic rings. The number of rotatable bonds is 7. The van der Waals surface area contributed by atoms with Crippen molar-refractivity contribution in [2.45, 2.75) is 26.8 Å². The van der Waals surface area contributed by atoms with Crippen molar-refractivity contribution in [3.63, 3.8) is 0 Å². The van der Waals surface area contributed by atoms with Crippen LogP contribution in [0, 0.1) is 5.92 Å². The van der Waals surface area contributed by atoms with Crippen LogP contribution in [0.4, 0.5) is 0 Å². The predicted molar refractivity (Wildman–Crippen MR) is 76.8 cm³/mol. The van der Waals surface area contributed by atoms with Crippen molar-refractivity contribution < 1.29 is 9.90 Å². The van der Waals surface area contributed by atoms with Crippen LogP contribution >= 0.6 is 11.3 Å². The molecule has 1 N–H and O–H groups in total. The summed E-state index contributed by atoms with van der Waals surface area (Å²) < 4.78 is 0. The fourth-order valence-electron chi connectivity index (χ4n) is 1.55. The maximum Gasteiger partial charge on any atom is 0.328 e. The standard InChI is InChI=1S/C14H21NO2S/c1-11(2)8-9-15(3)10-13-5-4-12(18-13)6-7-14(16)17/h4-7,11H,8-10H2,1-3H3,(H,16,17)/b7-6+. The summed E-state index contributed by atoms with van der Waals surface area (Å²) in [6.07, 6.45) is 4.02. The highest BCUT2D eigenvalue weighted by Crippen LogP contribution is 2.19. The summed E-state index contributed by atoms with van der Waals surface area (Å²) in [5.74, 6) is -0.177. The third-order valence-electron chi connectivity index (χ3n) is 2.59. The first-order chi connectivity index (χ1) is 8.47. The Balaban J connectivity index is 2.45. The third-order valence-corrected chi connectivity index (χ3v) is 3.62. The molecule has 100 valence electrons. The van der Waals surface area contributed by atoms with Crippen LogP contribution in [0.2, 0.25) is 0 Å². The van der Waals surface area contributed by atoms with Crippen LogP contribution in [0.25, 0.3) is 6.08 Å². The lowest BCUT2D eigenvalue weighted by molar-refractivity contribution is -0.131. The van der Waals surface area contributed by atoms with Crippen LogP contribution in [0.3, 0.4) is 0 Å². The van der Waals surface area contributed by atoms with E-state index >= 15 is 0 Å². The molecule has 0 unspecified atom stereocenters. The molecule has 0 bridgehead atoms. The van der Waals surface area contributed by atoms with Gasteiger partial charge in [0.05, 0.1) is 0 Å². The minimum atomic E-state index is -0.904. The van der Waals surface area contributed by atoms with Gasteiger partial charge < -0.3 is 10.0 Å². The van der Waals surface area contributed by atoms with Gasteiger partial charge in [-0.1, -0.05) is 13.8 Å². The largest absolute Gasteiger partial charge is 0.478 e. The van der Waals surface area contributed by atoms with Crippen LogP contribution in [0.5, 0.6) is 0 Å². The van der Waals surface area contributed by atoms with E-state index in [0.29, 0.717) is 0 Å². The molecule has 1 rings (SSSR count). The molecule has 0 aliphatic carbocycles. The first kappa shape index (κ1) is 14.9. The van der Waals surface area contributed by atoms with Crippen LogP contribution in [-0.4, -0.2) is 29.6 Å². The topological polar surface area (TPSA) is 40.5 Å². The van der Waals surface area contributed by atoms with Gasteiger partial charge in [-0.25, -0.2) is 4.79 Å². The molecule has 0 aliphatic rings. The molecule has 1 aromatic heterocycles. The van der Waals surface area contributed by atoms with Crippen molar-refractivity contribution in [1.29, 1.82) is 0 Å². The summed E-state index contributed by atoms with van der Waals surface area (Å²) in [6.45, 7) is 6.48. The Hall–Kier alpha value is -1.13. The van der Waals surface area contributed by atoms with Crippen molar-refractivity contribution in [3.05, 3.63) is 28.0 Å². The van der Waals surface area contributed by atoms with Gasteiger partial charge in [0.15, 0.2) is 0 Å². The minimum Gasteiger partial charge on any atom is -0.478 e. The number of carboxylic acid groups (broad SMARTS) is 1. The summed E-state index contributed by atoms with van der Waals surface area (Å²) in [5, 5.41) is 8.56. The van der Waals surface area contributed by atoms with Gasteiger partial charge in [-0.3, -0.25) is 0 Å². The summed E-state index contributed by atoms with van der Waals surface area (Å²) in [6, 6.07) is 4.04. The monoisotopic (exact) mass is 267 g/mol. The van der Waals surface area contributed by atoms with Gasteiger partial charge in [0.25, 0.3) is 0 Å². The van der Waals surface area contributed by atoms with Gasteiger partial charge in [0.2, 0.25) is 0 Å². The van der Waals surface area contributed by atoms with Crippen molar-refractivity contribution >= 4 is 23.4 Å². The first-order valence-electron chi connectivity index (χ1n) is 6.15. The van der Waals surface area contributed by atoms with Crippen molar-refractivity contribution in [1.82, 2.24) is 4.90 Å². The second kappa shape index (κ2) is 7.34. The maximum atomic E-state index is 10.4. The molecule has 1 heterocycles. The summed E-state index contributed by atoms with van der Waals surface area (Å²) in [4.78, 5) is 15.0. The first-order valence-corrected chi connectivity index (χ1v) is 6.97. The van der Waals surface area contributed by atoms with E-state index in [-0.39, 0.29) is 0 Å². The van der Waals surface area contributed by atoms with E-state index in [9.17, 15) is 4.79 Å². The Morgan fingerprint density at radius 3 is 2.83 bits per heavy atom. The Morgan fingerprint density at radius 2 is 2.22 bits per heavy atom.